The highest BCUT2D eigenvalue weighted by Crippen LogP contribution is 2.34. The van der Waals surface area contributed by atoms with Crippen LogP contribution in [0.25, 0.3) is 6.08 Å². The van der Waals surface area contributed by atoms with Crippen molar-refractivity contribution in [1.29, 1.82) is 0 Å². The number of hydrogen-bond acceptors (Lipinski definition) is 7. The lowest BCUT2D eigenvalue weighted by Crippen LogP contribution is -2.17. The molecule has 0 atom stereocenters. The van der Waals surface area contributed by atoms with Gasteiger partial charge in [0.2, 0.25) is 5.91 Å². The Morgan fingerprint density at radius 1 is 1.17 bits per heavy atom. The molecule has 1 heterocycles. The van der Waals surface area contributed by atoms with E-state index in [9.17, 15) is 14.4 Å². The molecular weight excluding hydrogens is 408 g/mol. The minimum absolute atomic E-state index is 0.168. The number of amides is 2. The second-order valence-corrected chi connectivity index (χ2v) is 6.99. The summed E-state index contributed by atoms with van der Waals surface area (Å²) >= 11 is 1.01. The average Bonchev–Trinajstić information content (AvgIpc) is 3.06. The van der Waals surface area contributed by atoms with Gasteiger partial charge < -0.3 is 24.8 Å². The van der Waals surface area contributed by atoms with Crippen LogP contribution in [-0.4, -0.2) is 45.7 Å². The molecule has 0 unspecified atom stereocenters. The van der Waals surface area contributed by atoms with Gasteiger partial charge in [-0.05, 0) is 31.6 Å². The molecule has 0 fully saturated rings. The molecule has 0 bridgehead atoms. The number of ether oxygens (including phenoxy) is 3. The first-order valence-electron chi connectivity index (χ1n) is 9.10. The zero-order valence-corrected chi connectivity index (χ0v) is 18.3. The molecule has 2 aromatic rings. The highest BCUT2D eigenvalue weighted by Gasteiger charge is 2.25. The van der Waals surface area contributed by atoms with Crippen LogP contribution in [0.1, 0.15) is 38.1 Å². The van der Waals surface area contributed by atoms with E-state index in [2.05, 4.69) is 10.6 Å². The van der Waals surface area contributed by atoms with E-state index in [1.807, 2.05) is 0 Å². The van der Waals surface area contributed by atoms with Crippen molar-refractivity contribution in [2.45, 2.75) is 13.8 Å². The molecule has 30 heavy (non-hydrogen) atoms. The van der Waals surface area contributed by atoms with Gasteiger partial charge in [-0.25, -0.2) is 4.79 Å². The van der Waals surface area contributed by atoms with Crippen molar-refractivity contribution in [2.75, 3.05) is 33.2 Å². The lowest BCUT2D eigenvalue weighted by atomic mass is 10.1. The maximum Gasteiger partial charge on any atom is 0.341 e. The molecule has 1 aromatic carbocycles. The Labute approximate surface area is 178 Å². The third-order valence-corrected chi connectivity index (χ3v) is 5.35. The predicted octanol–water partition coefficient (Wildman–Crippen LogP) is 3.26. The number of anilines is 1. The van der Waals surface area contributed by atoms with Gasteiger partial charge in [0.25, 0.3) is 5.91 Å². The van der Waals surface area contributed by atoms with Gasteiger partial charge in [0.05, 0.1) is 31.3 Å². The predicted molar refractivity (Wildman–Crippen MR) is 116 cm³/mol. The highest BCUT2D eigenvalue weighted by atomic mass is 32.1. The normalized spacial score (nSPS) is 10.6. The van der Waals surface area contributed by atoms with Crippen LogP contribution < -0.4 is 20.1 Å². The maximum atomic E-state index is 12.5. The van der Waals surface area contributed by atoms with Gasteiger partial charge in [-0.2, -0.15) is 0 Å². The van der Waals surface area contributed by atoms with Crippen LogP contribution in [-0.2, 0) is 9.53 Å². The van der Waals surface area contributed by atoms with E-state index in [0.29, 0.717) is 27.5 Å². The topological polar surface area (TPSA) is 103 Å². The van der Waals surface area contributed by atoms with Gasteiger partial charge in [0, 0.05) is 18.7 Å². The van der Waals surface area contributed by atoms with Crippen molar-refractivity contribution in [3.05, 3.63) is 45.8 Å². The Kier molecular flexibility index (Phi) is 7.99. The largest absolute Gasteiger partial charge is 0.493 e. The van der Waals surface area contributed by atoms with Gasteiger partial charge in [-0.1, -0.05) is 12.1 Å². The molecule has 0 saturated carbocycles. The van der Waals surface area contributed by atoms with E-state index in [1.54, 1.807) is 38.1 Å². The van der Waals surface area contributed by atoms with Crippen LogP contribution >= 0.6 is 11.3 Å². The molecule has 0 spiro atoms. The lowest BCUT2D eigenvalue weighted by Gasteiger charge is -2.09. The molecule has 1 aromatic heterocycles. The number of rotatable bonds is 8. The maximum absolute atomic E-state index is 12.5. The minimum Gasteiger partial charge on any atom is -0.493 e. The molecule has 0 aliphatic heterocycles. The molecule has 160 valence electrons. The van der Waals surface area contributed by atoms with Gasteiger partial charge >= 0.3 is 5.97 Å². The number of nitrogens with one attached hydrogen (secondary N) is 2. The quantitative estimate of drug-likeness (QED) is 0.490. The zero-order valence-electron chi connectivity index (χ0n) is 17.5. The Morgan fingerprint density at radius 3 is 2.50 bits per heavy atom. The molecule has 2 amide bonds. The van der Waals surface area contributed by atoms with Crippen LogP contribution in [0.5, 0.6) is 11.5 Å². The van der Waals surface area contributed by atoms with Crippen LogP contribution in [0.2, 0.25) is 0 Å². The summed E-state index contributed by atoms with van der Waals surface area (Å²) in [5.74, 6) is -0.399. The fraction of sp³-hybridized carbons (Fsp3) is 0.286. The second-order valence-electron chi connectivity index (χ2n) is 5.97. The highest BCUT2D eigenvalue weighted by molar-refractivity contribution is 7.18. The van der Waals surface area contributed by atoms with Crippen LogP contribution in [0, 0.1) is 6.92 Å². The van der Waals surface area contributed by atoms with Crippen molar-refractivity contribution in [3.63, 3.8) is 0 Å². The number of benzene rings is 1. The Hall–Kier alpha value is -3.33. The van der Waals surface area contributed by atoms with Crippen LogP contribution in [0.15, 0.2) is 24.3 Å². The van der Waals surface area contributed by atoms with Crippen LogP contribution in [0.4, 0.5) is 5.00 Å². The second kappa shape index (κ2) is 10.4. The summed E-state index contributed by atoms with van der Waals surface area (Å²) < 4.78 is 15.7. The van der Waals surface area contributed by atoms with Gasteiger partial charge in [0.15, 0.2) is 11.5 Å². The Balaban J connectivity index is 2.33. The smallest absolute Gasteiger partial charge is 0.341 e. The van der Waals surface area contributed by atoms with E-state index in [1.165, 1.54) is 27.3 Å². The van der Waals surface area contributed by atoms with Crippen molar-refractivity contribution in [3.8, 4) is 11.5 Å². The van der Waals surface area contributed by atoms with Gasteiger partial charge in [-0.15, -0.1) is 11.3 Å². The third kappa shape index (κ3) is 4.98. The molecular formula is C21H24N2O6S. The molecule has 0 saturated heterocycles. The minimum atomic E-state index is -0.602. The first-order chi connectivity index (χ1) is 14.4. The van der Waals surface area contributed by atoms with Gasteiger partial charge in [-0.3, -0.25) is 9.59 Å². The molecule has 0 aliphatic rings. The summed E-state index contributed by atoms with van der Waals surface area (Å²) in [7, 11) is 4.53. The van der Waals surface area contributed by atoms with E-state index in [4.69, 9.17) is 14.2 Å². The SMILES string of the molecule is CCOC(=O)c1c(NC(=O)/C=C/c2cccc(OC)c2OC)sc(C(=O)NC)c1C. The Bertz CT molecular complexity index is 980. The number of hydrogen-bond donors (Lipinski definition) is 2. The zero-order chi connectivity index (χ0) is 22.3. The monoisotopic (exact) mass is 432 g/mol. The summed E-state index contributed by atoms with van der Waals surface area (Å²) in [6.07, 6.45) is 2.88. The van der Waals surface area contributed by atoms with Gasteiger partial charge in [0.1, 0.15) is 5.00 Å². The number of carbonyl (C=O) groups is 3. The summed E-state index contributed by atoms with van der Waals surface area (Å²) in [6.45, 7) is 3.49. The van der Waals surface area contributed by atoms with Crippen molar-refractivity contribution < 1.29 is 28.6 Å². The summed E-state index contributed by atoms with van der Waals surface area (Å²) in [5.41, 5.74) is 1.26. The first-order valence-corrected chi connectivity index (χ1v) is 9.92. The molecule has 0 aliphatic carbocycles. The third-order valence-electron chi connectivity index (χ3n) is 4.14. The molecule has 0 radical (unpaired) electrons. The van der Waals surface area contributed by atoms with E-state index >= 15 is 0 Å². The number of methoxy groups -OCH3 is 2. The fourth-order valence-corrected chi connectivity index (χ4v) is 3.89. The van der Waals surface area contributed by atoms with E-state index in [-0.39, 0.29) is 23.1 Å². The summed E-state index contributed by atoms with van der Waals surface area (Å²) in [6, 6.07) is 5.29. The van der Waals surface area contributed by atoms with Crippen molar-refractivity contribution >= 4 is 40.2 Å². The number of esters is 1. The summed E-state index contributed by atoms with van der Waals surface area (Å²) in [4.78, 5) is 37.3. The molecule has 2 rings (SSSR count). The number of carbonyl (C=O) groups excluding carboxylic acids is 3. The van der Waals surface area contributed by atoms with E-state index < -0.39 is 11.9 Å². The van der Waals surface area contributed by atoms with Crippen LogP contribution in [0.3, 0.4) is 0 Å². The lowest BCUT2D eigenvalue weighted by molar-refractivity contribution is -0.111. The Morgan fingerprint density at radius 2 is 1.90 bits per heavy atom. The first kappa shape index (κ1) is 23.0. The van der Waals surface area contributed by atoms with Crippen molar-refractivity contribution in [2.24, 2.45) is 0 Å². The number of thiophene rings is 1. The standard InChI is InChI=1S/C21H24N2O6S/c1-6-29-21(26)16-12(2)18(19(25)22-3)30-20(16)23-15(24)11-10-13-8-7-9-14(27-4)17(13)28-5/h7-11H,6H2,1-5H3,(H,22,25)(H,23,24)/b11-10+. The summed E-state index contributed by atoms with van der Waals surface area (Å²) in [5, 5.41) is 5.44. The number of para-hydroxylation sites is 1. The van der Waals surface area contributed by atoms with E-state index in [0.717, 1.165) is 11.3 Å². The molecule has 2 N–H and O–H groups in total. The van der Waals surface area contributed by atoms with Crippen molar-refractivity contribution in [1.82, 2.24) is 5.32 Å². The molecule has 8 nitrogen and oxygen atoms in total. The molecule has 9 heteroatoms. The fourth-order valence-electron chi connectivity index (χ4n) is 2.74. The average molecular weight is 432 g/mol.